The molecular formula is C15H14ClN3O. The normalized spacial score (nSPS) is 16.9. The number of halogens is 1. The van der Waals surface area contributed by atoms with Gasteiger partial charge in [-0.3, -0.25) is 4.79 Å². The van der Waals surface area contributed by atoms with Crippen LogP contribution in [0.2, 0.25) is 5.02 Å². The molecule has 1 amide bonds. The van der Waals surface area contributed by atoms with Crippen LogP contribution in [0.4, 0.5) is 11.5 Å². The van der Waals surface area contributed by atoms with E-state index in [1.807, 2.05) is 24.3 Å². The van der Waals surface area contributed by atoms with Gasteiger partial charge in [-0.15, -0.1) is 0 Å². The van der Waals surface area contributed by atoms with Crippen molar-refractivity contribution in [2.75, 3.05) is 17.2 Å². The molecule has 1 aliphatic heterocycles. The van der Waals surface area contributed by atoms with Gasteiger partial charge in [0.15, 0.2) is 0 Å². The van der Waals surface area contributed by atoms with Crippen molar-refractivity contribution in [1.82, 2.24) is 4.98 Å². The summed E-state index contributed by atoms with van der Waals surface area (Å²) < 4.78 is 0. The molecular weight excluding hydrogens is 274 g/mol. The Morgan fingerprint density at radius 3 is 3.05 bits per heavy atom. The summed E-state index contributed by atoms with van der Waals surface area (Å²) in [5.41, 5.74) is 2.27. The van der Waals surface area contributed by atoms with E-state index in [1.54, 1.807) is 18.3 Å². The molecule has 0 fully saturated rings. The lowest BCUT2D eigenvalue weighted by atomic mass is 9.93. The van der Waals surface area contributed by atoms with Crippen LogP contribution in [0.1, 0.15) is 5.56 Å². The first-order chi connectivity index (χ1) is 9.72. The zero-order valence-corrected chi connectivity index (χ0v) is 11.5. The first kappa shape index (κ1) is 12.9. The van der Waals surface area contributed by atoms with Gasteiger partial charge in [-0.1, -0.05) is 29.8 Å². The summed E-state index contributed by atoms with van der Waals surface area (Å²) in [4.78, 5) is 16.3. The topological polar surface area (TPSA) is 54.0 Å². The Morgan fingerprint density at radius 2 is 2.20 bits per heavy atom. The van der Waals surface area contributed by atoms with Gasteiger partial charge in [0.05, 0.1) is 5.92 Å². The van der Waals surface area contributed by atoms with E-state index in [1.165, 1.54) is 0 Å². The third kappa shape index (κ3) is 2.75. The van der Waals surface area contributed by atoms with E-state index >= 15 is 0 Å². The molecule has 1 atom stereocenters. The number of anilines is 2. The summed E-state index contributed by atoms with van der Waals surface area (Å²) in [5, 5.41) is 6.65. The van der Waals surface area contributed by atoms with Gasteiger partial charge in [-0.05, 0) is 30.2 Å². The van der Waals surface area contributed by atoms with Gasteiger partial charge in [-0.2, -0.15) is 0 Å². The summed E-state index contributed by atoms with van der Waals surface area (Å²) in [5.74, 6) is 0.341. The lowest BCUT2D eigenvalue weighted by Crippen LogP contribution is -2.33. The fourth-order valence-electron chi connectivity index (χ4n) is 2.33. The molecule has 0 saturated heterocycles. The number of carbonyl (C=O) groups is 1. The van der Waals surface area contributed by atoms with E-state index in [-0.39, 0.29) is 11.8 Å². The molecule has 0 bridgehead atoms. The van der Waals surface area contributed by atoms with Gasteiger partial charge < -0.3 is 10.6 Å². The van der Waals surface area contributed by atoms with Gasteiger partial charge in [0.2, 0.25) is 5.91 Å². The van der Waals surface area contributed by atoms with Gasteiger partial charge in [0.1, 0.15) is 5.82 Å². The molecule has 5 heteroatoms. The number of para-hydroxylation sites is 1. The molecule has 0 radical (unpaired) electrons. The predicted molar refractivity (Wildman–Crippen MR) is 80.0 cm³/mol. The summed E-state index contributed by atoms with van der Waals surface area (Å²) in [6.07, 6.45) is 2.31. The van der Waals surface area contributed by atoms with Crippen molar-refractivity contribution in [2.45, 2.75) is 6.42 Å². The number of carbonyl (C=O) groups excluding carboxylic acids is 1. The van der Waals surface area contributed by atoms with Gasteiger partial charge in [-0.25, -0.2) is 4.98 Å². The van der Waals surface area contributed by atoms with Crippen molar-refractivity contribution < 1.29 is 4.79 Å². The Balaban J connectivity index is 1.70. The number of fused-ring (bicyclic) bond motifs is 1. The van der Waals surface area contributed by atoms with E-state index < -0.39 is 0 Å². The van der Waals surface area contributed by atoms with Crippen molar-refractivity contribution in [1.29, 1.82) is 0 Å². The van der Waals surface area contributed by atoms with E-state index in [0.717, 1.165) is 17.7 Å². The predicted octanol–water partition coefficient (Wildman–Crippen LogP) is 2.96. The standard InChI is InChI=1S/C15H14ClN3O/c16-12-5-6-17-14(8-12)19-15(20)11-7-10-3-1-2-4-13(10)18-9-11/h1-6,8,11,18H,7,9H2,(H,17,19,20). The molecule has 0 aliphatic carbocycles. The Kier molecular flexibility index (Phi) is 3.56. The minimum atomic E-state index is -0.106. The van der Waals surface area contributed by atoms with Crippen molar-refractivity contribution >= 4 is 29.0 Å². The SMILES string of the molecule is O=C(Nc1cc(Cl)ccn1)C1CNc2ccccc2C1. The van der Waals surface area contributed by atoms with Gasteiger partial charge in [0.25, 0.3) is 0 Å². The molecule has 2 aromatic rings. The highest BCUT2D eigenvalue weighted by molar-refractivity contribution is 6.30. The van der Waals surface area contributed by atoms with E-state index in [2.05, 4.69) is 15.6 Å². The summed E-state index contributed by atoms with van der Waals surface area (Å²) in [6, 6.07) is 11.4. The van der Waals surface area contributed by atoms with Crippen LogP contribution in [0.5, 0.6) is 0 Å². The second kappa shape index (κ2) is 5.51. The van der Waals surface area contributed by atoms with E-state index in [4.69, 9.17) is 11.6 Å². The minimum absolute atomic E-state index is 0.0400. The van der Waals surface area contributed by atoms with Crippen LogP contribution in [-0.2, 0) is 11.2 Å². The van der Waals surface area contributed by atoms with Crippen molar-refractivity contribution in [3.05, 3.63) is 53.2 Å². The van der Waals surface area contributed by atoms with Crippen LogP contribution >= 0.6 is 11.6 Å². The Labute approximate surface area is 122 Å². The van der Waals surface area contributed by atoms with Gasteiger partial charge in [0, 0.05) is 23.5 Å². The Morgan fingerprint density at radius 1 is 1.35 bits per heavy atom. The zero-order valence-electron chi connectivity index (χ0n) is 10.8. The minimum Gasteiger partial charge on any atom is -0.384 e. The first-order valence-corrected chi connectivity index (χ1v) is 6.84. The number of benzene rings is 1. The molecule has 102 valence electrons. The number of amides is 1. The highest BCUT2D eigenvalue weighted by Crippen LogP contribution is 2.25. The second-order valence-electron chi connectivity index (χ2n) is 4.79. The smallest absolute Gasteiger partial charge is 0.230 e. The molecule has 0 saturated carbocycles. The number of nitrogens with zero attached hydrogens (tertiary/aromatic N) is 1. The van der Waals surface area contributed by atoms with Crippen molar-refractivity contribution in [3.63, 3.8) is 0 Å². The quantitative estimate of drug-likeness (QED) is 0.893. The van der Waals surface area contributed by atoms with Crippen molar-refractivity contribution in [3.8, 4) is 0 Å². The molecule has 1 unspecified atom stereocenters. The van der Waals surface area contributed by atoms with Crippen LogP contribution in [0.3, 0.4) is 0 Å². The van der Waals surface area contributed by atoms with Crippen LogP contribution in [0.15, 0.2) is 42.6 Å². The summed E-state index contributed by atoms with van der Waals surface area (Å²) in [6.45, 7) is 0.628. The van der Waals surface area contributed by atoms with Crippen LogP contribution in [0, 0.1) is 5.92 Å². The maximum absolute atomic E-state index is 12.3. The first-order valence-electron chi connectivity index (χ1n) is 6.46. The van der Waals surface area contributed by atoms with Crippen LogP contribution < -0.4 is 10.6 Å². The molecule has 1 aromatic carbocycles. The fraction of sp³-hybridized carbons (Fsp3) is 0.200. The summed E-state index contributed by atoms with van der Waals surface area (Å²) >= 11 is 5.88. The molecule has 0 spiro atoms. The van der Waals surface area contributed by atoms with Gasteiger partial charge >= 0.3 is 0 Å². The average molecular weight is 288 g/mol. The third-order valence-corrected chi connectivity index (χ3v) is 3.60. The monoisotopic (exact) mass is 287 g/mol. The van der Waals surface area contributed by atoms with E-state index in [9.17, 15) is 4.79 Å². The lowest BCUT2D eigenvalue weighted by Gasteiger charge is -2.25. The number of hydrogen-bond donors (Lipinski definition) is 2. The second-order valence-corrected chi connectivity index (χ2v) is 5.22. The molecule has 2 N–H and O–H groups in total. The molecule has 1 aliphatic rings. The van der Waals surface area contributed by atoms with Crippen molar-refractivity contribution in [2.24, 2.45) is 5.92 Å². The third-order valence-electron chi connectivity index (χ3n) is 3.37. The Hall–Kier alpha value is -2.07. The van der Waals surface area contributed by atoms with Crippen LogP contribution in [-0.4, -0.2) is 17.4 Å². The maximum Gasteiger partial charge on any atom is 0.230 e. The average Bonchev–Trinajstić information content (AvgIpc) is 2.47. The molecule has 3 rings (SSSR count). The highest BCUT2D eigenvalue weighted by Gasteiger charge is 2.24. The van der Waals surface area contributed by atoms with Crippen LogP contribution in [0.25, 0.3) is 0 Å². The maximum atomic E-state index is 12.3. The lowest BCUT2D eigenvalue weighted by molar-refractivity contribution is -0.119. The molecule has 4 nitrogen and oxygen atoms in total. The highest BCUT2D eigenvalue weighted by atomic mass is 35.5. The fourth-order valence-corrected chi connectivity index (χ4v) is 2.49. The molecule has 1 aromatic heterocycles. The zero-order chi connectivity index (χ0) is 13.9. The number of rotatable bonds is 2. The molecule has 20 heavy (non-hydrogen) atoms. The Bertz CT molecular complexity index is 645. The number of hydrogen-bond acceptors (Lipinski definition) is 3. The number of aromatic nitrogens is 1. The number of nitrogens with one attached hydrogen (secondary N) is 2. The molecule has 2 heterocycles. The summed E-state index contributed by atoms with van der Waals surface area (Å²) in [7, 11) is 0. The van der Waals surface area contributed by atoms with E-state index in [0.29, 0.717) is 17.4 Å². The number of pyridine rings is 1. The largest absolute Gasteiger partial charge is 0.384 e.